The number of hydrogen-bond donors (Lipinski definition) is 1. The van der Waals surface area contributed by atoms with Crippen molar-refractivity contribution in [1.82, 2.24) is 19.6 Å². The van der Waals surface area contributed by atoms with E-state index in [1.807, 2.05) is 0 Å². The Kier molecular flexibility index (Phi) is 4.08. The third-order valence-corrected chi connectivity index (χ3v) is 5.32. The van der Waals surface area contributed by atoms with Crippen LogP contribution in [-0.2, 0) is 6.54 Å². The van der Waals surface area contributed by atoms with E-state index < -0.39 is 0 Å². The van der Waals surface area contributed by atoms with Gasteiger partial charge in [-0.05, 0) is 40.5 Å². The molecular weight excluding hydrogens is 280 g/mol. The number of nitrogens with one attached hydrogen (secondary N) is 1. The van der Waals surface area contributed by atoms with Gasteiger partial charge in [0.15, 0.2) is 4.96 Å². The number of fused-ring (bicyclic) bond motifs is 1. The Morgan fingerprint density at radius 1 is 1.33 bits per heavy atom. The summed E-state index contributed by atoms with van der Waals surface area (Å²) < 4.78 is 2.22. The minimum atomic E-state index is 0.301. The number of hydrogen-bond acceptors (Lipinski definition) is 4. The third-order valence-electron chi connectivity index (χ3n) is 4.56. The molecule has 0 amide bonds. The molecule has 0 unspecified atom stereocenters. The maximum Gasteiger partial charge on any atom is 0.194 e. The molecule has 5 heteroatoms. The lowest BCUT2D eigenvalue weighted by atomic mass is 9.98. The zero-order chi connectivity index (χ0) is 15.0. The fourth-order valence-electron chi connectivity index (χ4n) is 3.15. The second-order valence-electron chi connectivity index (χ2n) is 7.01. The second kappa shape index (κ2) is 5.71. The summed E-state index contributed by atoms with van der Waals surface area (Å²) in [5.41, 5.74) is 2.77. The van der Waals surface area contributed by atoms with Crippen LogP contribution in [0.3, 0.4) is 0 Å². The lowest BCUT2D eigenvalue weighted by Crippen LogP contribution is -2.49. The standard InChI is InChI=1S/C16H26N4S/c1-12-14(20-9-10-21-15(20)18-12)11-17-13-5-7-19(8-6-13)16(2,3)4/h9-10,13,17H,5-8,11H2,1-4H3. The van der Waals surface area contributed by atoms with Crippen molar-refractivity contribution in [3.05, 3.63) is 23.0 Å². The summed E-state index contributed by atoms with van der Waals surface area (Å²) in [4.78, 5) is 8.31. The normalized spacial score (nSPS) is 18.7. The monoisotopic (exact) mass is 306 g/mol. The summed E-state index contributed by atoms with van der Waals surface area (Å²) >= 11 is 1.70. The van der Waals surface area contributed by atoms with Gasteiger partial charge in [-0.3, -0.25) is 9.30 Å². The van der Waals surface area contributed by atoms with Crippen LogP contribution in [0, 0.1) is 6.92 Å². The average Bonchev–Trinajstić information content (AvgIpc) is 2.97. The predicted octanol–water partition coefficient (Wildman–Crippen LogP) is 3.06. The molecule has 1 aliphatic heterocycles. The maximum absolute atomic E-state index is 4.61. The van der Waals surface area contributed by atoms with Crippen molar-refractivity contribution in [2.45, 2.75) is 58.7 Å². The van der Waals surface area contributed by atoms with E-state index >= 15 is 0 Å². The number of likely N-dealkylation sites (tertiary alicyclic amines) is 1. The second-order valence-corrected chi connectivity index (χ2v) is 7.89. The zero-order valence-electron chi connectivity index (χ0n) is 13.5. The van der Waals surface area contributed by atoms with Gasteiger partial charge in [-0.15, -0.1) is 11.3 Å². The Morgan fingerprint density at radius 3 is 2.71 bits per heavy atom. The van der Waals surface area contributed by atoms with Crippen LogP contribution in [0.1, 0.15) is 45.0 Å². The van der Waals surface area contributed by atoms with E-state index in [0.717, 1.165) is 17.2 Å². The van der Waals surface area contributed by atoms with Crippen LogP contribution in [0.2, 0.25) is 0 Å². The summed E-state index contributed by atoms with van der Waals surface area (Å²) in [6.45, 7) is 12.3. The molecule has 0 bridgehead atoms. The smallest absolute Gasteiger partial charge is 0.194 e. The zero-order valence-corrected chi connectivity index (χ0v) is 14.3. The molecule has 2 aromatic heterocycles. The lowest BCUT2D eigenvalue weighted by Gasteiger charge is -2.41. The van der Waals surface area contributed by atoms with E-state index in [0.29, 0.717) is 11.6 Å². The van der Waals surface area contributed by atoms with Gasteiger partial charge in [0.2, 0.25) is 0 Å². The van der Waals surface area contributed by atoms with Gasteiger partial charge in [0.25, 0.3) is 0 Å². The average molecular weight is 306 g/mol. The molecule has 0 saturated carbocycles. The van der Waals surface area contributed by atoms with E-state index in [9.17, 15) is 0 Å². The van der Waals surface area contributed by atoms with Crippen molar-refractivity contribution in [1.29, 1.82) is 0 Å². The van der Waals surface area contributed by atoms with Crippen molar-refractivity contribution in [2.24, 2.45) is 0 Å². The van der Waals surface area contributed by atoms with Gasteiger partial charge in [-0.25, -0.2) is 4.98 Å². The van der Waals surface area contributed by atoms with Crippen LogP contribution < -0.4 is 5.32 Å². The van der Waals surface area contributed by atoms with Crippen LogP contribution in [0.25, 0.3) is 4.96 Å². The summed E-state index contributed by atoms with van der Waals surface area (Å²) in [6.07, 6.45) is 4.60. The first kappa shape index (κ1) is 15.0. The molecule has 21 heavy (non-hydrogen) atoms. The summed E-state index contributed by atoms with van der Waals surface area (Å²) in [5, 5.41) is 5.84. The molecular formula is C16H26N4S. The molecule has 1 N–H and O–H groups in total. The van der Waals surface area contributed by atoms with Gasteiger partial charge in [-0.1, -0.05) is 0 Å². The van der Waals surface area contributed by atoms with Crippen LogP contribution in [0.15, 0.2) is 11.6 Å². The molecule has 3 rings (SSSR count). The topological polar surface area (TPSA) is 32.6 Å². The number of piperidine rings is 1. The van der Waals surface area contributed by atoms with E-state index in [1.54, 1.807) is 11.3 Å². The quantitative estimate of drug-likeness (QED) is 0.946. The van der Waals surface area contributed by atoms with Crippen molar-refractivity contribution in [3.8, 4) is 0 Å². The maximum atomic E-state index is 4.61. The molecule has 0 radical (unpaired) electrons. The minimum Gasteiger partial charge on any atom is -0.308 e. The van der Waals surface area contributed by atoms with Gasteiger partial charge in [-0.2, -0.15) is 0 Å². The Labute approximate surface area is 131 Å². The first-order valence-corrected chi connectivity index (χ1v) is 8.72. The molecule has 1 saturated heterocycles. The number of imidazole rings is 1. The Morgan fingerprint density at radius 2 is 2.05 bits per heavy atom. The Bertz CT molecular complexity index is 599. The molecule has 1 aliphatic rings. The first-order valence-electron chi connectivity index (χ1n) is 7.84. The first-order chi connectivity index (χ1) is 9.95. The largest absolute Gasteiger partial charge is 0.308 e. The highest BCUT2D eigenvalue weighted by molar-refractivity contribution is 7.15. The highest BCUT2D eigenvalue weighted by Crippen LogP contribution is 2.21. The predicted molar refractivity (Wildman–Crippen MR) is 89.0 cm³/mol. The van der Waals surface area contributed by atoms with E-state index in [2.05, 4.69) is 58.9 Å². The summed E-state index contributed by atoms with van der Waals surface area (Å²) in [5.74, 6) is 0. The van der Waals surface area contributed by atoms with Gasteiger partial charge < -0.3 is 5.32 Å². The molecule has 116 valence electrons. The van der Waals surface area contributed by atoms with Crippen molar-refractivity contribution in [2.75, 3.05) is 13.1 Å². The van der Waals surface area contributed by atoms with E-state index in [-0.39, 0.29) is 0 Å². The van der Waals surface area contributed by atoms with Gasteiger partial charge >= 0.3 is 0 Å². The number of aromatic nitrogens is 2. The number of rotatable bonds is 3. The highest BCUT2D eigenvalue weighted by Gasteiger charge is 2.26. The van der Waals surface area contributed by atoms with Crippen LogP contribution >= 0.6 is 11.3 Å². The fourth-order valence-corrected chi connectivity index (χ4v) is 3.93. The summed E-state index contributed by atoms with van der Waals surface area (Å²) in [6, 6.07) is 0.632. The van der Waals surface area contributed by atoms with Crippen LogP contribution in [0.5, 0.6) is 0 Å². The molecule has 0 spiro atoms. The van der Waals surface area contributed by atoms with E-state index in [4.69, 9.17) is 0 Å². The van der Waals surface area contributed by atoms with Crippen molar-refractivity contribution >= 4 is 16.3 Å². The summed E-state index contributed by atoms with van der Waals surface area (Å²) in [7, 11) is 0. The molecule has 4 nitrogen and oxygen atoms in total. The van der Waals surface area contributed by atoms with Crippen LogP contribution in [-0.4, -0.2) is 39.0 Å². The SMILES string of the molecule is Cc1nc2sccn2c1CNC1CCN(C(C)(C)C)CC1. The Hall–Kier alpha value is -0.910. The molecule has 0 aromatic carbocycles. The third kappa shape index (κ3) is 3.15. The van der Waals surface area contributed by atoms with Gasteiger partial charge in [0.05, 0.1) is 11.4 Å². The molecule has 1 fully saturated rings. The van der Waals surface area contributed by atoms with E-state index in [1.165, 1.54) is 31.6 Å². The molecule has 2 aromatic rings. The van der Waals surface area contributed by atoms with Crippen LogP contribution in [0.4, 0.5) is 0 Å². The number of thiazole rings is 1. The highest BCUT2D eigenvalue weighted by atomic mass is 32.1. The molecule has 0 atom stereocenters. The molecule has 0 aliphatic carbocycles. The van der Waals surface area contributed by atoms with Gasteiger partial charge in [0.1, 0.15) is 0 Å². The fraction of sp³-hybridized carbons (Fsp3) is 0.688. The Balaban J connectivity index is 1.57. The van der Waals surface area contributed by atoms with Crippen molar-refractivity contribution in [3.63, 3.8) is 0 Å². The van der Waals surface area contributed by atoms with Crippen molar-refractivity contribution < 1.29 is 0 Å². The molecule has 3 heterocycles. The number of aryl methyl sites for hydroxylation is 1. The number of nitrogens with zero attached hydrogens (tertiary/aromatic N) is 3. The lowest BCUT2D eigenvalue weighted by molar-refractivity contribution is 0.0959. The van der Waals surface area contributed by atoms with Gasteiger partial charge in [0, 0.05) is 42.8 Å². The minimum absolute atomic E-state index is 0.301.